The Bertz CT molecular complexity index is 1010. The van der Waals surface area contributed by atoms with Crippen molar-refractivity contribution in [3.8, 4) is 0 Å². The average molecular weight is 473 g/mol. The van der Waals surface area contributed by atoms with Crippen molar-refractivity contribution in [1.29, 1.82) is 0 Å². The van der Waals surface area contributed by atoms with Crippen LogP contribution in [0.15, 0.2) is 54.7 Å². The number of benzene rings is 2. The first-order valence-electron chi connectivity index (χ1n) is 11.3. The summed E-state index contributed by atoms with van der Waals surface area (Å²) in [6, 6.07) is 16.5. The van der Waals surface area contributed by atoms with Crippen molar-refractivity contribution in [3.63, 3.8) is 0 Å². The highest BCUT2D eigenvalue weighted by molar-refractivity contribution is 6.42. The first-order valence-corrected chi connectivity index (χ1v) is 12.1. The molecule has 0 bridgehead atoms. The molecule has 1 aliphatic rings. The first kappa shape index (κ1) is 23.0. The zero-order chi connectivity index (χ0) is 22.5. The highest BCUT2D eigenvalue weighted by atomic mass is 35.5. The minimum atomic E-state index is 0.167. The van der Waals surface area contributed by atoms with Crippen LogP contribution in [0, 0.1) is 0 Å². The van der Waals surface area contributed by atoms with E-state index in [-0.39, 0.29) is 11.9 Å². The zero-order valence-electron chi connectivity index (χ0n) is 18.4. The summed E-state index contributed by atoms with van der Waals surface area (Å²) in [7, 11) is 0. The number of H-pyrrole nitrogens is 1. The van der Waals surface area contributed by atoms with Gasteiger partial charge in [0.1, 0.15) is 5.82 Å². The van der Waals surface area contributed by atoms with Gasteiger partial charge < -0.3 is 4.90 Å². The molecule has 0 atom stereocenters. The van der Waals surface area contributed by atoms with Gasteiger partial charge in [-0.2, -0.15) is 0 Å². The Kier molecular flexibility index (Phi) is 7.61. The molecule has 170 valence electrons. The summed E-state index contributed by atoms with van der Waals surface area (Å²) in [6.07, 6.45) is 5.57. The van der Waals surface area contributed by atoms with Gasteiger partial charge in [0.05, 0.1) is 22.8 Å². The molecule has 1 fully saturated rings. The first-order chi connectivity index (χ1) is 15.5. The van der Waals surface area contributed by atoms with Crippen molar-refractivity contribution < 1.29 is 4.79 Å². The molecule has 4 rings (SSSR count). The van der Waals surface area contributed by atoms with E-state index in [1.807, 2.05) is 40.9 Å². The summed E-state index contributed by atoms with van der Waals surface area (Å²) in [5, 5.41) is 4.45. The van der Waals surface area contributed by atoms with Crippen LogP contribution in [0.25, 0.3) is 0 Å². The van der Waals surface area contributed by atoms with Crippen LogP contribution >= 0.6 is 23.2 Å². The number of amides is 1. The third-order valence-electron chi connectivity index (χ3n) is 6.19. The van der Waals surface area contributed by atoms with Gasteiger partial charge in [0, 0.05) is 32.1 Å². The molecule has 32 heavy (non-hydrogen) atoms. The number of aromatic amines is 1. The Morgan fingerprint density at radius 1 is 1.06 bits per heavy atom. The third-order valence-corrected chi connectivity index (χ3v) is 6.92. The molecule has 0 spiro atoms. The van der Waals surface area contributed by atoms with Gasteiger partial charge in [0.2, 0.25) is 5.91 Å². The van der Waals surface area contributed by atoms with E-state index in [9.17, 15) is 4.79 Å². The zero-order valence-corrected chi connectivity index (χ0v) is 19.9. The molecule has 2 heterocycles. The Morgan fingerprint density at radius 2 is 1.78 bits per heavy atom. The maximum Gasteiger partial charge on any atom is 0.228 e. The number of aromatic nitrogens is 2. The van der Waals surface area contributed by atoms with Crippen molar-refractivity contribution in [2.24, 2.45) is 0 Å². The number of hydrogen-bond acceptors (Lipinski definition) is 2. The molecule has 1 N–H and O–H groups in total. The summed E-state index contributed by atoms with van der Waals surface area (Å²) in [5.41, 5.74) is 2.44. The number of likely N-dealkylation sites (tertiary alicyclic amines) is 1. The Hall–Kier alpha value is -2.21. The molecule has 2 aromatic carbocycles. The van der Waals surface area contributed by atoms with Gasteiger partial charge in [0.15, 0.2) is 0 Å². The van der Waals surface area contributed by atoms with Crippen LogP contribution in [0.3, 0.4) is 0 Å². The maximum atomic E-state index is 12.8. The molecular weight excluding hydrogens is 443 g/mol. The van der Waals surface area contributed by atoms with Crippen molar-refractivity contribution >= 4 is 34.9 Å². The fraction of sp³-hybridized carbons (Fsp3) is 0.400. The van der Waals surface area contributed by atoms with Crippen LogP contribution in [0.2, 0.25) is 10.0 Å². The fourth-order valence-electron chi connectivity index (χ4n) is 4.36. The SMILES string of the molecule is CCC(=O)N(c1cn(Cc2ccc(Cl)c(Cl)c2)[nH]1)C1CCN(CCc2ccccc2)CC1. The van der Waals surface area contributed by atoms with E-state index >= 15 is 0 Å². The van der Waals surface area contributed by atoms with E-state index in [0.717, 1.165) is 50.3 Å². The number of hydrogen-bond donors (Lipinski definition) is 1. The van der Waals surface area contributed by atoms with Crippen molar-refractivity contribution in [2.75, 3.05) is 24.5 Å². The standard InChI is InChI=1S/C25H30Cl2N4O/c1-2-25(32)31(24-18-30(28-24)17-20-8-9-22(26)23(27)16-20)21-11-14-29(15-12-21)13-10-19-6-4-3-5-7-19/h3-9,16,18,21,28H,2,10-15,17H2,1H3. The van der Waals surface area contributed by atoms with Crippen molar-refractivity contribution in [3.05, 3.63) is 75.9 Å². The second kappa shape index (κ2) is 10.6. The molecule has 1 amide bonds. The van der Waals surface area contributed by atoms with Gasteiger partial charge in [-0.05, 0) is 42.5 Å². The summed E-state index contributed by atoms with van der Waals surface area (Å²) in [6.45, 7) is 5.69. The monoisotopic (exact) mass is 472 g/mol. The van der Waals surface area contributed by atoms with E-state index in [2.05, 4.69) is 40.3 Å². The lowest BCUT2D eigenvalue weighted by molar-refractivity contribution is -0.119. The van der Waals surface area contributed by atoms with Gasteiger partial charge in [-0.1, -0.05) is 66.5 Å². The third kappa shape index (κ3) is 5.58. The molecule has 0 aliphatic carbocycles. The molecule has 0 radical (unpaired) electrons. The molecule has 1 aromatic heterocycles. The van der Waals surface area contributed by atoms with Gasteiger partial charge >= 0.3 is 0 Å². The number of halogens is 2. The molecule has 0 unspecified atom stereocenters. The lowest BCUT2D eigenvalue weighted by Crippen LogP contribution is -2.49. The van der Waals surface area contributed by atoms with Crippen molar-refractivity contribution in [1.82, 2.24) is 14.7 Å². The fourth-order valence-corrected chi connectivity index (χ4v) is 4.68. The molecule has 5 nitrogen and oxygen atoms in total. The highest BCUT2D eigenvalue weighted by Gasteiger charge is 2.30. The van der Waals surface area contributed by atoms with Crippen LogP contribution in [0.5, 0.6) is 0 Å². The Balaban J connectivity index is 1.34. The smallest absolute Gasteiger partial charge is 0.228 e. The number of anilines is 1. The van der Waals surface area contributed by atoms with Crippen LogP contribution in [-0.2, 0) is 17.8 Å². The van der Waals surface area contributed by atoms with E-state index in [0.29, 0.717) is 23.0 Å². The lowest BCUT2D eigenvalue weighted by atomic mass is 10.0. The van der Waals surface area contributed by atoms with E-state index < -0.39 is 0 Å². The predicted octanol–water partition coefficient (Wildman–Crippen LogP) is 5.62. The van der Waals surface area contributed by atoms with Crippen LogP contribution in [-0.4, -0.2) is 46.3 Å². The number of nitrogens with zero attached hydrogens (tertiary/aromatic N) is 3. The summed E-state index contributed by atoms with van der Waals surface area (Å²) < 4.78 is 1.97. The van der Waals surface area contributed by atoms with E-state index in [1.54, 1.807) is 0 Å². The van der Waals surface area contributed by atoms with E-state index in [1.165, 1.54) is 5.56 Å². The molecule has 1 saturated heterocycles. The van der Waals surface area contributed by atoms with E-state index in [4.69, 9.17) is 23.2 Å². The number of carbonyl (C=O) groups is 1. The van der Waals surface area contributed by atoms with Gasteiger partial charge in [0.25, 0.3) is 0 Å². The summed E-state index contributed by atoms with van der Waals surface area (Å²) in [5.74, 6) is 1.06. The summed E-state index contributed by atoms with van der Waals surface area (Å²) in [4.78, 5) is 17.2. The predicted molar refractivity (Wildman–Crippen MR) is 132 cm³/mol. The Morgan fingerprint density at radius 3 is 2.44 bits per heavy atom. The minimum absolute atomic E-state index is 0.167. The number of piperidine rings is 1. The topological polar surface area (TPSA) is 44.3 Å². The second-order valence-corrected chi connectivity index (χ2v) is 9.24. The second-order valence-electron chi connectivity index (χ2n) is 8.43. The summed E-state index contributed by atoms with van der Waals surface area (Å²) >= 11 is 12.1. The van der Waals surface area contributed by atoms with Crippen LogP contribution in [0.4, 0.5) is 5.82 Å². The van der Waals surface area contributed by atoms with Crippen LogP contribution < -0.4 is 4.90 Å². The quantitative estimate of drug-likeness (QED) is 0.462. The molecule has 3 aromatic rings. The average Bonchev–Trinajstić information content (AvgIpc) is 2.79. The minimum Gasteiger partial charge on any atom is -0.303 e. The van der Waals surface area contributed by atoms with Gasteiger partial charge in [-0.25, -0.2) is 0 Å². The molecule has 0 saturated carbocycles. The van der Waals surface area contributed by atoms with Gasteiger partial charge in [-0.3, -0.25) is 19.5 Å². The van der Waals surface area contributed by atoms with Crippen molar-refractivity contribution in [2.45, 2.75) is 45.2 Å². The lowest BCUT2D eigenvalue weighted by Gasteiger charge is -2.39. The molecular formula is C25H30Cl2N4O. The Labute approximate surface area is 199 Å². The van der Waals surface area contributed by atoms with Gasteiger partial charge in [-0.15, -0.1) is 0 Å². The molecule has 7 heteroatoms. The number of carbonyl (C=O) groups excluding carboxylic acids is 1. The largest absolute Gasteiger partial charge is 0.303 e. The normalized spacial score (nSPS) is 15.2. The number of nitrogens with one attached hydrogen (secondary N) is 1. The maximum absolute atomic E-state index is 12.8. The number of rotatable bonds is 8. The highest BCUT2D eigenvalue weighted by Crippen LogP contribution is 2.26. The molecule has 1 aliphatic heterocycles. The van der Waals surface area contributed by atoms with Crippen LogP contribution in [0.1, 0.15) is 37.3 Å².